The summed E-state index contributed by atoms with van der Waals surface area (Å²) in [5, 5.41) is 5.31. The van der Waals surface area contributed by atoms with E-state index >= 15 is 0 Å². The highest BCUT2D eigenvalue weighted by atomic mass is 79.9. The summed E-state index contributed by atoms with van der Waals surface area (Å²) >= 11 is 3.36. The quantitative estimate of drug-likeness (QED) is 0.731. The van der Waals surface area contributed by atoms with Gasteiger partial charge in [0.2, 0.25) is 11.8 Å². The maximum atomic E-state index is 11.8. The lowest BCUT2D eigenvalue weighted by molar-refractivity contribution is -0.125. The van der Waals surface area contributed by atoms with E-state index in [1.807, 2.05) is 39.0 Å². The highest BCUT2D eigenvalue weighted by Crippen LogP contribution is 2.19. The molecule has 0 aromatic heterocycles. The van der Waals surface area contributed by atoms with E-state index in [1.165, 1.54) is 0 Å². The number of nitrogens with two attached hydrogens (primary N) is 1. The number of anilines is 1. The Morgan fingerprint density at radius 1 is 1.33 bits per heavy atom. The topological polar surface area (TPSA) is 84.2 Å². The van der Waals surface area contributed by atoms with Gasteiger partial charge in [0, 0.05) is 10.2 Å². The van der Waals surface area contributed by atoms with Crippen LogP contribution in [-0.4, -0.2) is 24.4 Å². The van der Waals surface area contributed by atoms with Gasteiger partial charge in [-0.2, -0.15) is 0 Å². The molecular formula is C15H22BrN3O2. The number of carbonyl (C=O) groups is 2. The van der Waals surface area contributed by atoms with Gasteiger partial charge in [-0.3, -0.25) is 9.59 Å². The van der Waals surface area contributed by atoms with Gasteiger partial charge in [-0.15, -0.1) is 0 Å². The molecule has 116 valence electrons. The van der Waals surface area contributed by atoms with E-state index in [2.05, 4.69) is 26.6 Å². The maximum Gasteiger partial charge on any atom is 0.243 e. The fourth-order valence-corrected chi connectivity index (χ4v) is 2.35. The van der Waals surface area contributed by atoms with Crippen LogP contribution in [0.2, 0.25) is 0 Å². The molecule has 1 aromatic rings. The monoisotopic (exact) mass is 355 g/mol. The average Bonchev–Trinajstić information content (AvgIpc) is 2.38. The summed E-state index contributed by atoms with van der Waals surface area (Å²) in [6, 6.07) is 4.99. The van der Waals surface area contributed by atoms with Crippen LogP contribution in [0.4, 0.5) is 5.69 Å². The van der Waals surface area contributed by atoms with Crippen molar-refractivity contribution in [1.82, 2.24) is 5.32 Å². The Morgan fingerprint density at radius 3 is 2.57 bits per heavy atom. The van der Waals surface area contributed by atoms with Gasteiger partial charge in [-0.05, 0) is 43.0 Å². The molecule has 4 N–H and O–H groups in total. The molecule has 0 saturated carbocycles. The minimum Gasteiger partial charge on any atom is -0.346 e. The maximum absolute atomic E-state index is 11.8. The molecule has 0 spiro atoms. The number of carbonyl (C=O) groups excluding carboxylic acids is 2. The predicted molar refractivity (Wildman–Crippen MR) is 87.9 cm³/mol. The lowest BCUT2D eigenvalue weighted by Gasteiger charge is -2.14. The minimum absolute atomic E-state index is 0.0832. The third kappa shape index (κ3) is 6.27. The smallest absolute Gasteiger partial charge is 0.243 e. The first-order valence-electron chi connectivity index (χ1n) is 6.89. The predicted octanol–water partition coefficient (Wildman–Crippen LogP) is 2.19. The van der Waals surface area contributed by atoms with Crippen molar-refractivity contribution in [3.63, 3.8) is 0 Å². The SMILES string of the molecule is Cc1cc(Br)ccc1NC(=O)CNC(=O)[C@@H](N)CC(C)C. The van der Waals surface area contributed by atoms with Crippen LogP contribution in [0.15, 0.2) is 22.7 Å². The molecule has 1 rings (SSSR count). The highest BCUT2D eigenvalue weighted by molar-refractivity contribution is 9.10. The molecule has 2 amide bonds. The van der Waals surface area contributed by atoms with Gasteiger partial charge >= 0.3 is 0 Å². The van der Waals surface area contributed by atoms with Gasteiger partial charge in [-0.1, -0.05) is 29.8 Å². The van der Waals surface area contributed by atoms with Crippen molar-refractivity contribution in [1.29, 1.82) is 0 Å². The summed E-state index contributed by atoms with van der Waals surface area (Å²) in [6.45, 7) is 5.81. The number of aryl methyl sites for hydroxylation is 1. The number of amides is 2. The van der Waals surface area contributed by atoms with Crippen LogP contribution in [-0.2, 0) is 9.59 Å². The van der Waals surface area contributed by atoms with Gasteiger partial charge in [-0.25, -0.2) is 0 Å². The molecule has 0 unspecified atom stereocenters. The van der Waals surface area contributed by atoms with E-state index in [0.717, 1.165) is 15.7 Å². The average molecular weight is 356 g/mol. The Hall–Kier alpha value is -1.40. The summed E-state index contributed by atoms with van der Waals surface area (Å²) < 4.78 is 0.950. The van der Waals surface area contributed by atoms with Crippen molar-refractivity contribution < 1.29 is 9.59 Å². The molecule has 21 heavy (non-hydrogen) atoms. The van der Waals surface area contributed by atoms with Gasteiger partial charge < -0.3 is 16.4 Å². The van der Waals surface area contributed by atoms with Crippen molar-refractivity contribution >= 4 is 33.4 Å². The number of hydrogen-bond donors (Lipinski definition) is 3. The van der Waals surface area contributed by atoms with E-state index in [4.69, 9.17) is 5.73 Å². The van der Waals surface area contributed by atoms with Gasteiger partial charge in [0.05, 0.1) is 12.6 Å². The fourth-order valence-electron chi connectivity index (χ4n) is 1.88. The van der Waals surface area contributed by atoms with E-state index < -0.39 is 6.04 Å². The molecule has 0 aliphatic heterocycles. The van der Waals surface area contributed by atoms with Crippen LogP contribution in [0.25, 0.3) is 0 Å². The first-order chi connectivity index (χ1) is 9.79. The Balaban J connectivity index is 2.45. The molecule has 0 heterocycles. The first kappa shape index (κ1) is 17.7. The molecule has 0 aliphatic rings. The molecule has 6 heteroatoms. The molecular weight excluding hydrogens is 334 g/mol. The molecule has 0 saturated heterocycles. The summed E-state index contributed by atoms with van der Waals surface area (Å²) in [5.41, 5.74) is 7.42. The molecule has 1 atom stereocenters. The zero-order chi connectivity index (χ0) is 16.0. The summed E-state index contributed by atoms with van der Waals surface area (Å²) in [6.07, 6.45) is 0.597. The van der Waals surface area contributed by atoms with Crippen molar-refractivity contribution in [2.75, 3.05) is 11.9 Å². The van der Waals surface area contributed by atoms with Crippen molar-refractivity contribution in [2.24, 2.45) is 11.7 Å². The first-order valence-corrected chi connectivity index (χ1v) is 7.68. The molecule has 1 aromatic carbocycles. The molecule has 0 bridgehead atoms. The van der Waals surface area contributed by atoms with Crippen LogP contribution in [0.1, 0.15) is 25.8 Å². The van der Waals surface area contributed by atoms with Gasteiger partial charge in [0.25, 0.3) is 0 Å². The second-order valence-corrected chi connectivity index (χ2v) is 6.38. The van der Waals surface area contributed by atoms with E-state index in [-0.39, 0.29) is 18.4 Å². The van der Waals surface area contributed by atoms with Crippen molar-refractivity contribution in [3.05, 3.63) is 28.2 Å². The third-order valence-corrected chi connectivity index (χ3v) is 3.44. The number of rotatable bonds is 6. The Morgan fingerprint density at radius 2 is 2.00 bits per heavy atom. The zero-order valence-electron chi connectivity index (χ0n) is 12.6. The summed E-state index contributed by atoms with van der Waals surface area (Å²) in [4.78, 5) is 23.5. The minimum atomic E-state index is -0.577. The van der Waals surface area contributed by atoms with E-state index in [0.29, 0.717) is 12.3 Å². The Bertz CT molecular complexity index is 518. The number of halogens is 1. The largest absolute Gasteiger partial charge is 0.346 e. The van der Waals surface area contributed by atoms with Gasteiger partial charge in [0.15, 0.2) is 0 Å². The Labute approximate surface area is 133 Å². The summed E-state index contributed by atoms with van der Waals surface area (Å²) in [7, 11) is 0. The zero-order valence-corrected chi connectivity index (χ0v) is 14.2. The number of nitrogens with one attached hydrogen (secondary N) is 2. The molecule has 5 nitrogen and oxygen atoms in total. The van der Waals surface area contributed by atoms with E-state index in [9.17, 15) is 9.59 Å². The van der Waals surface area contributed by atoms with Crippen LogP contribution < -0.4 is 16.4 Å². The van der Waals surface area contributed by atoms with Crippen LogP contribution in [0.3, 0.4) is 0 Å². The van der Waals surface area contributed by atoms with Crippen LogP contribution >= 0.6 is 15.9 Å². The summed E-state index contributed by atoms with van der Waals surface area (Å²) in [5.74, 6) is -0.234. The lowest BCUT2D eigenvalue weighted by atomic mass is 10.0. The van der Waals surface area contributed by atoms with Gasteiger partial charge in [0.1, 0.15) is 0 Å². The van der Waals surface area contributed by atoms with Crippen LogP contribution in [0.5, 0.6) is 0 Å². The second-order valence-electron chi connectivity index (χ2n) is 5.46. The number of benzene rings is 1. The standard InChI is InChI=1S/C15H22BrN3O2/c1-9(2)6-12(17)15(21)18-8-14(20)19-13-5-4-11(16)7-10(13)3/h4-5,7,9,12H,6,8,17H2,1-3H3,(H,18,21)(H,19,20)/t12-/m0/s1. The normalized spacial score (nSPS) is 12.1. The molecule has 0 radical (unpaired) electrons. The molecule has 0 aliphatic carbocycles. The lowest BCUT2D eigenvalue weighted by Crippen LogP contribution is -2.44. The second kappa shape index (κ2) is 8.14. The van der Waals surface area contributed by atoms with Crippen LogP contribution in [0, 0.1) is 12.8 Å². The third-order valence-electron chi connectivity index (χ3n) is 2.95. The molecule has 0 fully saturated rings. The fraction of sp³-hybridized carbons (Fsp3) is 0.467. The Kier molecular flexibility index (Phi) is 6.84. The van der Waals surface area contributed by atoms with Crippen molar-refractivity contribution in [2.45, 2.75) is 33.2 Å². The van der Waals surface area contributed by atoms with Crippen molar-refractivity contribution in [3.8, 4) is 0 Å². The van der Waals surface area contributed by atoms with E-state index in [1.54, 1.807) is 0 Å². The number of hydrogen-bond acceptors (Lipinski definition) is 3. The highest BCUT2D eigenvalue weighted by Gasteiger charge is 2.15.